The van der Waals surface area contributed by atoms with E-state index in [9.17, 15) is 0 Å². The summed E-state index contributed by atoms with van der Waals surface area (Å²) in [7, 11) is 3.47. The Hall–Kier alpha value is -1.76. The molecule has 7 heteroatoms. The predicted octanol–water partition coefficient (Wildman–Crippen LogP) is 0.314. The van der Waals surface area contributed by atoms with Crippen LogP contribution in [0.3, 0.4) is 0 Å². The molecular formula is C9H16N6O. The zero-order chi connectivity index (χ0) is 12.0. The molecule has 2 rings (SSSR count). The number of ether oxygens (including phenoxy) is 1. The van der Waals surface area contributed by atoms with Crippen LogP contribution in [0.2, 0.25) is 0 Å². The Bertz CT molecular complexity index is 405. The van der Waals surface area contributed by atoms with Crippen molar-refractivity contribution in [1.82, 2.24) is 30.0 Å². The molecule has 0 aliphatic rings. The van der Waals surface area contributed by atoms with Crippen LogP contribution in [0.1, 0.15) is 11.4 Å². The van der Waals surface area contributed by atoms with Gasteiger partial charge >= 0.3 is 0 Å². The maximum absolute atomic E-state index is 4.80. The molecule has 0 aliphatic heterocycles. The number of rotatable bonds is 2. The van der Waals surface area contributed by atoms with Crippen molar-refractivity contribution in [1.29, 1.82) is 0 Å². The van der Waals surface area contributed by atoms with Gasteiger partial charge in [-0.25, -0.2) is 4.68 Å². The second-order valence-electron chi connectivity index (χ2n) is 3.35. The fraction of sp³-hybridized carbons (Fsp3) is 0.556. The van der Waals surface area contributed by atoms with Crippen LogP contribution in [-0.4, -0.2) is 37.1 Å². The summed E-state index contributed by atoms with van der Waals surface area (Å²) < 4.78 is 8.11. The standard InChI is InChI=1S/C5H9N3O.C4H7N3/c1-5-3-8(4-9-2)7-6-5;1-4-3-7(2)6-5-4/h3H,4H2,1-2H3;3H,1-2H3. The van der Waals surface area contributed by atoms with E-state index in [2.05, 4.69) is 20.6 Å². The van der Waals surface area contributed by atoms with Crippen LogP contribution in [0.5, 0.6) is 0 Å². The van der Waals surface area contributed by atoms with Gasteiger partial charge in [0.15, 0.2) is 0 Å². The zero-order valence-corrected chi connectivity index (χ0v) is 9.95. The van der Waals surface area contributed by atoms with E-state index in [1.807, 2.05) is 33.3 Å². The van der Waals surface area contributed by atoms with Crippen LogP contribution < -0.4 is 0 Å². The van der Waals surface area contributed by atoms with Gasteiger partial charge in [-0.1, -0.05) is 10.4 Å². The lowest BCUT2D eigenvalue weighted by molar-refractivity contribution is 0.119. The first-order valence-electron chi connectivity index (χ1n) is 4.80. The van der Waals surface area contributed by atoms with Gasteiger partial charge in [0.05, 0.1) is 17.6 Å². The average molecular weight is 224 g/mol. The van der Waals surface area contributed by atoms with Crippen molar-refractivity contribution < 1.29 is 4.74 Å². The van der Waals surface area contributed by atoms with Crippen molar-refractivity contribution in [2.45, 2.75) is 20.6 Å². The van der Waals surface area contributed by atoms with E-state index in [1.165, 1.54) is 0 Å². The third kappa shape index (κ3) is 4.18. The van der Waals surface area contributed by atoms with Crippen LogP contribution in [0, 0.1) is 13.8 Å². The number of nitrogens with zero attached hydrogens (tertiary/aromatic N) is 6. The van der Waals surface area contributed by atoms with Gasteiger partial charge in [-0.2, -0.15) is 0 Å². The summed E-state index contributed by atoms with van der Waals surface area (Å²) in [6.45, 7) is 4.27. The molecule has 0 radical (unpaired) electrons. The minimum Gasteiger partial charge on any atom is -0.362 e. The Labute approximate surface area is 94.0 Å². The minimum atomic E-state index is 0.473. The molecule has 0 atom stereocenters. The SMILES string of the molecule is COCn1cc(C)nn1.Cc1cn(C)nn1. The number of hydrogen-bond donors (Lipinski definition) is 0. The fourth-order valence-electron chi connectivity index (χ4n) is 1.05. The first kappa shape index (κ1) is 12.3. The molecule has 0 aromatic carbocycles. The first-order valence-corrected chi connectivity index (χ1v) is 4.80. The molecule has 0 saturated heterocycles. The highest BCUT2D eigenvalue weighted by atomic mass is 16.5. The number of methoxy groups -OCH3 is 1. The van der Waals surface area contributed by atoms with E-state index in [0.717, 1.165) is 11.4 Å². The van der Waals surface area contributed by atoms with Crippen molar-refractivity contribution >= 4 is 0 Å². The number of aromatic nitrogens is 6. The summed E-state index contributed by atoms with van der Waals surface area (Å²) in [6, 6.07) is 0. The summed E-state index contributed by atoms with van der Waals surface area (Å²) >= 11 is 0. The third-order valence-electron chi connectivity index (χ3n) is 1.63. The maximum atomic E-state index is 4.80. The molecule has 0 amide bonds. The van der Waals surface area contributed by atoms with E-state index < -0.39 is 0 Å². The van der Waals surface area contributed by atoms with Gasteiger partial charge in [0.2, 0.25) is 0 Å². The Morgan fingerprint density at radius 2 is 1.75 bits per heavy atom. The van der Waals surface area contributed by atoms with Gasteiger partial charge in [-0.3, -0.25) is 4.68 Å². The number of aryl methyl sites for hydroxylation is 3. The summed E-state index contributed by atoms with van der Waals surface area (Å²) in [6.07, 6.45) is 3.68. The average Bonchev–Trinajstić information content (AvgIpc) is 2.78. The summed E-state index contributed by atoms with van der Waals surface area (Å²) in [5.74, 6) is 0. The van der Waals surface area contributed by atoms with Crippen molar-refractivity contribution in [3.8, 4) is 0 Å². The first-order chi connectivity index (χ1) is 7.61. The smallest absolute Gasteiger partial charge is 0.140 e. The molecule has 2 heterocycles. The Balaban J connectivity index is 0.000000165. The Kier molecular flexibility index (Phi) is 4.59. The monoisotopic (exact) mass is 224 g/mol. The van der Waals surface area contributed by atoms with Crippen LogP contribution in [0.4, 0.5) is 0 Å². The summed E-state index contributed by atoms with van der Waals surface area (Å²) in [5.41, 5.74) is 1.87. The van der Waals surface area contributed by atoms with E-state index in [1.54, 1.807) is 16.5 Å². The zero-order valence-electron chi connectivity index (χ0n) is 9.95. The van der Waals surface area contributed by atoms with Crippen LogP contribution in [0.15, 0.2) is 12.4 Å². The van der Waals surface area contributed by atoms with E-state index in [0.29, 0.717) is 6.73 Å². The molecule has 0 bridgehead atoms. The van der Waals surface area contributed by atoms with Crippen molar-refractivity contribution in [2.24, 2.45) is 7.05 Å². The lowest BCUT2D eigenvalue weighted by Crippen LogP contribution is -1.99. The summed E-state index contributed by atoms with van der Waals surface area (Å²) in [4.78, 5) is 0. The normalized spacial score (nSPS) is 9.75. The Morgan fingerprint density at radius 1 is 1.12 bits per heavy atom. The highest BCUT2D eigenvalue weighted by Crippen LogP contribution is 1.87. The van der Waals surface area contributed by atoms with Gasteiger partial charge < -0.3 is 4.74 Å². The second-order valence-corrected chi connectivity index (χ2v) is 3.35. The van der Waals surface area contributed by atoms with Crippen LogP contribution in [-0.2, 0) is 18.5 Å². The molecule has 0 aliphatic carbocycles. The molecule has 0 spiro atoms. The molecular weight excluding hydrogens is 208 g/mol. The lowest BCUT2D eigenvalue weighted by Gasteiger charge is -1.93. The highest BCUT2D eigenvalue weighted by molar-refractivity contribution is 4.85. The molecule has 0 saturated carbocycles. The Morgan fingerprint density at radius 3 is 2.06 bits per heavy atom. The number of hydrogen-bond acceptors (Lipinski definition) is 5. The minimum absolute atomic E-state index is 0.473. The van der Waals surface area contributed by atoms with Gasteiger partial charge in [-0.15, -0.1) is 10.2 Å². The van der Waals surface area contributed by atoms with Crippen LogP contribution in [0.25, 0.3) is 0 Å². The highest BCUT2D eigenvalue weighted by Gasteiger charge is 1.90. The van der Waals surface area contributed by atoms with Crippen molar-refractivity contribution in [3.63, 3.8) is 0 Å². The van der Waals surface area contributed by atoms with Gasteiger partial charge in [0.1, 0.15) is 6.73 Å². The third-order valence-corrected chi connectivity index (χ3v) is 1.63. The summed E-state index contributed by atoms with van der Waals surface area (Å²) in [5, 5.41) is 14.9. The van der Waals surface area contributed by atoms with Gasteiger partial charge in [0, 0.05) is 20.4 Å². The maximum Gasteiger partial charge on any atom is 0.140 e. The molecule has 0 fully saturated rings. The molecule has 0 N–H and O–H groups in total. The van der Waals surface area contributed by atoms with Gasteiger partial charge in [0.25, 0.3) is 0 Å². The molecule has 0 unspecified atom stereocenters. The molecule has 2 aromatic rings. The van der Waals surface area contributed by atoms with Crippen molar-refractivity contribution in [3.05, 3.63) is 23.8 Å². The van der Waals surface area contributed by atoms with Crippen molar-refractivity contribution in [2.75, 3.05) is 7.11 Å². The predicted molar refractivity (Wildman–Crippen MR) is 57.5 cm³/mol. The van der Waals surface area contributed by atoms with Gasteiger partial charge in [-0.05, 0) is 13.8 Å². The second kappa shape index (κ2) is 5.96. The molecule has 88 valence electrons. The van der Waals surface area contributed by atoms with E-state index in [4.69, 9.17) is 4.74 Å². The molecule has 2 aromatic heterocycles. The fourth-order valence-corrected chi connectivity index (χ4v) is 1.05. The molecule has 16 heavy (non-hydrogen) atoms. The topological polar surface area (TPSA) is 70.7 Å². The van der Waals surface area contributed by atoms with E-state index >= 15 is 0 Å². The quantitative estimate of drug-likeness (QED) is 0.734. The van der Waals surface area contributed by atoms with E-state index in [-0.39, 0.29) is 0 Å². The largest absolute Gasteiger partial charge is 0.362 e. The molecule has 7 nitrogen and oxygen atoms in total. The lowest BCUT2D eigenvalue weighted by atomic mass is 10.6. The van der Waals surface area contributed by atoms with Crippen LogP contribution >= 0.6 is 0 Å².